The topological polar surface area (TPSA) is 18.5 Å². The molecule has 1 aromatic carbocycles. The molecule has 0 saturated carbocycles. The fraction of sp³-hybridized carbons (Fsp3) is 0.727. The minimum Gasteiger partial charge on any atom is -0.413 e. The molecule has 0 bridgehead atoms. The first kappa shape index (κ1) is 22.4. The van der Waals surface area contributed by atoms with E-state index < -0.39 is 8.32 Å². The highest BCUT2D eigenvalue weighted by atomic mass is 127. The zero-order chi connectivity index (χ0) is 19.2. The fourth-order valence-corrected chi connectivity index (χ4v) is 8.36. The van der Waals surface area contributed by atoms with E-state index in [0.717, 1.165) is 17.3 Å². The minimum atomic E-state index is -1.61. The maximum Gasteiger partial charge on any atom is 0.192 e. The van der Waals surface area contributed by atoms with Crippen LogP contribution in [0.5, 0.6) is 0 Å². The summed E-state index contributed by atoms with van der Waals surface area (Å²) in [6.07, 6.45) is 3.13. The number of aryl methyl sites for hydroxylation is 1. The number of ether oxygens (including phenoxy) is 1. The van der Waals surface area contributed by atoms with E-state index >= 15 is 0 Å². The Kier molecular flexibility index (Phi) is 9.11. The number of halogens is 1. The standard InChI is InChI=1S/C22H37IO2Si/c1-6-26(7-2,8-3)25-22-17(4)20(24-21(16-23)18(22)5)15-14-19-12-10-9-11-13-19/h9-13,17-18,20-22H,6-8,14-16H2,1-5H3/t17-,18+,20+,21-,22-/m1/s1. The Morgan fingerprint density at radius 1 is 0.962 bits per heavy atom. The highest BCUT2D eigenvalue weighted by molar-refractivity contribution is 14.1. The molecule has 0 radical (unpaired) electrons. The van der Waals surface area contributed by atoms with Gasteiger partial charge in [0.15, 0.2) is 8.32 Å². The zero-order valence-electron chi connectivity index (χ0n) is 17.2. The number of rotatable bonds is 9. The van der Waals surface area contributed by atoms with Crippen LogP contribution >= 0.6 is 22.6 Å². The van der Waals surface area contributed by atoms with E-state index in [4.69, 9.17) is 9.16 Å². The van der Waals surface area contributed by atoms with Gasteiger partial charge < -0.3 is 9.16 Å². The zero-order valence-corrected chi connectivity index (χ0v) is 20.4. The Hall–Kier alpha value is 0.0869. The summed E-state index contributed by atoms with van der Waals surface area (Å²) in [5.41, 5.74) is 1.41. The van der Waals surface area contributed by atoms with Gasteiger partial charge in [-0.25, -0.2) is 0 Å². The predicted octanol–water partition coefficient (Wildman–Crippen LogP) is 6.48. The molecular formula is C22H37IO2Si. The van der Waals surface area contributed by atoms with E-state index in [0.29, 0.717) is 30.1 Å². The van der Waals surface area contributed by atoms with E-state index in [1.165, 1.54) is 23.7 Å². The third-order valence-electron chi connectivity index (χ3n) is 6.59. The fourth-order valence-electron chi connectivity index (χ4n) is 4.34. The molecule has 0 unspecified atom stereocenters. The van der Waals surface area contributed by atoms with Gasteiger partial charge in [-0.1, -0.05) is 87.5 Å². The summed E-state index contributed by atoms with van der Waals surface area (Å²) >= 11 is 2.48. The van der Waals surface area contributed by atoms with Crippen LogP contribution in [0.2, 0.25) is 18.1 Å². The Balaban J connectivity index is 2.12. The number of alkyl halides is 1. The smallest absolute Gasteiger partial charge is 0.192 e. The first-order valence-corrected chi connectivity index (χ1v) is 14.5. The van der Waals surface area contributed by atoms with E-state index in [1.807, 2.05) is 0 Å². The van der Waals surface area contributed by atoms with Gasteiger partial charge in [0.25, 0.3) is 0 Å². The van der Waals surface area contributed by atoms with Gasteiger partial charge in [0.1, 0.15) is 0 Å². The van der Waals surface area contributed by atoms with Gasteiger partial charge >= 0.3 is 0 Å². The molecule has 1 aliphatic rings. The van der Waals surface area contributed by atoms with Gasteiger partial charge in [-0.2, -0.15) is 0 Å². The molecule has 1 aromatic rings. The molecule has 0 spiro atoms. The Morgan fingerprint density at radius 2 is 1.54 bits per heavy atom. The lowest BCUT2D eigenvalue weighted by atomic mass is 9.81. The maximum atomic E-state index is 7.02. The highest BCUT2D eigenvalue weighted by Crippen LogP contribution is 2.38. The van der Waals surface area contributed by atoms with E-state index in [-0.39, 0.29) is 0 Å². The monoisotopic (exact) mass is 488 g/mol. The van der Waals surface area contributed by atoms with E-state index in [2.05, 4.69) is 87.5 Å². The Labute approximate surface area is 175 Å². The molecule has 0 aliphatic carbocycles. The van der Waals surface area contributed by atoms with Crippen molar-refractivity contribution in [2.75, 3.05) is 4.43 Å². The van der Waals surface area contributed by atoms with Crippen LogP contribution in [-0.2, 0) is 15.6 Å². The quantitative estimate of drug-likeness (QED) is 0.225. The summed E-state index contributed by atoms with van der Waals surface area (Å²) in [6, 6.07) is 14.5. The first-order chi connectivity index (χ1) is 12.5. The SMILES string of the molecule is CC[Si](CC)(CC)O[C@H]1[C@@H](C)[C@@H](CI)O[C@@H](CCc2ccccc2)[C@H]1C. The molecule has 0 aromatic heterocycles. The number of benzene rings is 1. The molecule has 0 N–H and O–H groups in total. The van der Waals surface area contributed by atoms with E-state index in [9.17, 15) is 0 Å². The summed E-state index contributed by atoms with van der Waals surface area (Å²) in [4.78, 5) is 0. The van der Waals surface area contributed by atoms with Crippen LogP contribution in [0.3, 0.4) is 0 Å². The number of hydrogen-bond donors (Lipinski definition) is 0. The number of hydrogen-bond acceptors (Lipinski definition) is 2. The summed E-state index contributed by atoms with van der Waals surface area (Å²) in [5, 5.41) is 0. The van der Waals surface area contributed by atoms with Crippen molar-refractivity contribution in [2.45, 2.75) is 83.9 Å². The molecule has 1 heterocycles. The second-order valence-corrected chi connectivity index (χ2v) is 13.5. The lowest BCUT2D eigenvalue weighted by Crippen LogP contribution is -2.55. The minimum absolute atomic E-state index is 0.299. The molecule has 5 atom stereocenters. The van der Waals surface area contributed by atoms with Gasteiger partial charge in [-0.05, 0) is 36.5 Å². The molecule has 1 aliphatic heterocycles. The molecule has 0 amide bonds. The van der Waals surface area contributed by atoms with Gasteiger partial charge in [0.05, 0.1) is 18.3 Å². The van der Waals surface area contributed by atoms with Crippen LogP contribution in [0.1, 0.15) is 46.6 Å². The largest absolute Gasteiger partial charge is 0.413 e. The molecular weight excluding hydrogens is 451 g/mol. The van der Waals surface area contributed by atoms with Crippen LogP contribution in [0.25, 0.3) is 0 Å². The van der Waals surface area contributed by atoms with Crippen molar-refractivity contribution in [1.82, 2.24) is 0 Å². The van der Waals surface area contributed by atoms with Gasteiger partial charge in [-0.3, -0.25) is 0 Å². The average molecular weight is 489 g/mol. The Bertz CT molecular complexity index is 512. The molecule has 1 saturated heterocycles. The predicted molar refractivity (Wildman–Crippen MR) is 123 cm³/mol. The second-order valence-electron chi connectivity index (χ2n) is 7.94. The lowest BCUT2D eigenvalue weighted by molar-refractivity contribution is -0.150. The van der Waals surface area contributed by atoms with Crippen LogP contribution in [-0.4, -0.2) is 31.1 Å². The molecule has 4 heteroatoms. The van der Waals surface area contributed by atoms with Crippen molar-refractivity contribution in [3.05, 3.63) is 35.9 Å². The van der Waals surface area contributed by atoms with Crippen molar-refractivity contribution in [3.63, 3.8) is 0 Å². The third-order valence-corrected chi connectivity index (χ3v) is 12.1. The van der Waals surface area contributed by atoms with Crippen LogP contribution < -0.4 is 0 Å². The first-order valence-electron chi connectivity index (χ1n) is 10.4. The van der Waals surface area contributed by atoms with Crippen molar-refractivity contribution in [2.24, 2.45) is 11.8 Å². The summed E-state index contributed by atoms with van der Waals surface area (Å²) < 4.78 is 14.6. The summed E-state index contributed by atoms with van der Waals surface area (Å²) in [7, 11) is -1.61. The van der Waals surface area contributed by atoms with Crippen molar-refractivity contribution >= 4 is 30.9 Å². The van der Waals surface area contributed by atoms with E-state index in [1.54, 1.807) is 0 Å². The summed E-state index contributed by atoms with van der Waals surface area (Å²) in [6.45, 7) is 11.7. The van der Waals surface area contributed by atoms with Crippen LogP contribution in [0.15, 0.2) is 30.3 Å². The van der Waals surface area contributed by atoms with Crippen molar-refractivity contribution in [1.29, 1.82) is 0 Å². The third kappa shape index (κ3) is 5.33. The second kappa shape index (κ2) is 10.6. The maximum absolute atomic E-state index is 7.02. The van der Waals surface area contributed by atoms with Gasteiger partial charge in [0, 0.05) is 16.3 Å². The van der Waals surface area contributed by atoms with Gasteiger partial charge in [-0.15, -0.1) is 0 Å². The average Bonchev–Trinajstić information content (AvgIpc) is 2.69. The van der Waals surface area contributed by atoms with Crippen molar-refractivity contribution in [3.8, 4) is 0 Å². The molecule has 1 fully saturated rings. The lowest BCUT2D eigenvalue weighted by Gasteiger charge is -2.48. The molecule has 2 nitrogen and oxygen atoms in total. The molecule has 148 valence electrons. The van der Waals surface area contributed by atoms with Crippen molar-refractivity contribution < 1.29 is 9.16 Å². The van der Waals surface area contributed by atoms with Gasteiger partial charge in [0.2, 0.25) is 0 Å². The Morgan fingerprint density at radius 3 is 2.08 bits per heavy atom. The normalized spacial score (nSPS) is 29.7. The molecule has 26 heavy (non-hydrogen) atoms. The van der Waals surface area contributed by atoms with Crippen LogP contribution in [0.4, 0.5) is 0 Å². The highest BCUT2D eigenvalue weighted by Gasteiger charge is 2.44. The van der Waals surface area contributed by atoms with Crippen LogP contribution in [0, 0.1) is 11.8 Å². The molecule has 2 rings (SSSR count). The summed E-state index contributed by atoms with van der Waals surface area (Å²) in [5.74, 6) is 0.941.